The fourth-order valence-corrected chi connectivity index (χ4v) is 4.23. The summed E-state index contributed by atoms with van der Waals surface area (Å²) in [4.78, 5) is 53.3. The number of benzene rings is 2. The van der Waals surface area contributed by atoms with Crippen LogP contribution in [0.3, 0.4) is 0 Å². The van der Waals surface area contributed by atoms with E-state index in [4.69, 9.17) is 14.9 Å². The number of carboxylic acid groups (broad SMARTS) is 1. The molecule has 0 aliphatic heterocycles. The number of aryl methyl sites for hydroxylation is 1. The Balaban J connectivity index is 1.60. The zero-order chi connectivity index (χ0) is 24.8. The molecule has 0 radical (unpaired) electrons. The standard InChI is InChI=1S/C20H18F2N5O6P/c1-27-14-6-9(19(28)25-13(20(29)30)8-34(31,32)33)2-4-11(14)24-16(27)7-15-23-12-5-3-10(21)17(22)18(12)26-15/h2-6,13H,7-8H2,1H3,(H,23,26)(H,25,28)(H,29,30)(H2,31,32,33). The Bertz CT molecular complexity index is 1490. The Morgan fingerprint density at radius 1 is 1.21 bits per heavy atom. The minimum atomic E-state index is -4.68. The molecule has 2 heterocycles. The predicted molar refractivity (Wildman–Crippen MR) is 115 cm³/mol. The van der Waals surface area contributed by atoms with Crippen molar-refractivity contribution in [3.8, 4) is 0 Å². The first kappa shape index (κ1) is 23.5. The maximum atomic E-state index is 14.0. The summed E-state index contributed by atoms with van der Waals surface area (Å²) in [5.41, 5.74) is 1.27. The van der Waals surface area contributed by atoms with Gasteiger partial charge in [-0.3, -0.25) is 9.36 Å². The van der Waals surface area contributed by atoms with Crippen molar-refractivity contribution in [2.45, 2.75) is 12.5 Å². The highest BCUT2D eigenvalue weighted by Crippen LogP contribution is 2.35. The van der Waals surface area contributed by atoms with E-state index >= 15 is 0 Å². The molecule has 0 saturated heterocycles. The molecular formula is C20H18F2N5O6P. The largest absolute Gasteiger partial charge is 0.480 e. The van der Waals surface area contributed by atoms with Crippen LogP contribution in [0.15, 0.2) is 30.3 Å². The van der Waals surface area contributed by atoms with Gasteiger partial charge in [0, 0.05) is 12.6 Å². The van der Waals surface area contributed by atoms with Crippen molar-refractivity contribution in [1.29, 1.82) is 0 Å². The summed E-state index contributed by atoms with van der Waals surface area (Å²) >= 11 is 0. The van der Waals surface area contributed by atoms with E-state index in [1.807, 2.05) is 0 Å². The zero-order valence-electron chi connectivity index (χ0n) is 17.5. The summed E-state index contributed by atoms with van der Waals surface area (Å²) in [6, 6.07) is 4.97. The van der Waals surface area contributed by atoms with Gasteiger partial charge in [-0.05, 0) is 30.3 Å². The fraction of sp³-hybridized carbons (Fsp3) is 0.200. The Morgan fingerprint density at radius 3 is 2.62 bits per heavy atom. The number of hydrogen-bond donors (Lipinski definition) is 5. The SMILES string of the molecule is Cn1c(Cc2nc3c(F)c(F)ccc3[nH]2)nc2ccc(C(=O)NC(CP(=O)(O)O)C(=O)O)cc21. The Hall–Kier alpha value is -3.67. The minimum absolute atomic E-state index is 0.0558. The average Bonchev–Trinajstić information content (AvgIpc) is 3.30. The number of hydrogen-bond acceptors (Lipinski definition) is 5. The van der Waals surface area contributed by atoms with E-state index in [1.165, 1.54) is 24.3 Å². The second-order valence-corrected chi connectivity index (χ2v) is 9.31. The van der Waals surface area contributed by atoms with Crippen LogP contribution in [0.1, 0.15) is 22.0 Å². The van der Waals surface area contributed by atoms with Crippen molar-refractivity contribution < 1.29 is 37.8 Å². The van der Waals surface area contributed by atoms with Crippen molar-refractivity contribution in [3.63, 3.8) is 0 Å². The van der Waals surface area contributed by atoms with Crippen LogP contribution in [0.2, 0.25) is 0 Å². The van der Waals surface area contributed by atoms with E-state index in [9.17, 15) is 22.9 Å². The molecule has 1 unspecified atom stereocenters. The van der Waals surface area contributed by atoms with Crippen LogP contribution in [-0.2, 0) is 22.8 Å². The predicted octanol–water partition coefficient (Wildman–Crippen LogP) is 1.68. The molecule has 2 aromatic heterocycles. The number of amides is 1. The number of halogens is 2. The number of carbonyl (C=O) groups excluding carboxylic acids is 1. The Kier molecular flexibility index (Phi) is 5.94. The molecule has 5 N–H and O–H groups in total. The molecule has 0 saturated carbocycles. The number of fused-ring (bicyclic) bond motifs is 2. The molecule has 34 heavy (non-hydrogen) atoms. The third-order valence-corrected chi connectivity index (χ3v) is 6.02. The second kappa shape index (κ2) is 8.60. The van der Waals surface area contributed by atoms with Crippen molar-refractivity contribution in [1.82, 2.24) is 24.8 Å². The zero-order valence-corrected chi connectivity index (χ0v) is 18.4. The van der Waals surface area contributed by atoms with Crippen molar-refractivity contribution in [3.05, 3.63) is 59.2 Å². The van der Waals surface area contributed by atoms with E-state index in [0.29, 0.717) is 28.2 Å². The number of nitrogens with zero attached hydrogens (tertiary/aromatic N) is 3. The number of aromatic amines is 1. The molecule has 4 rings (SSSR count). The average molecular weight is 493 g/mol. The van der Waals surface area contributed by atoms with Gasteiger partial charge in [0.2, 0.25) is 0 Å². The molecule has 0 spiro atoms. The summed E-state index contributed by atoms with van der Waals surface area (Å²) in [7, 11) is -3.01. The van der Waals surface area contributed by atoms with Crippen LogP contribution in [0.25, 0.3) is 22.1 Å². The van der Waals surface area contributed by atoms with Gasteiger partial charge in [-0.25, -0.2) is 23.5 Å². The number of imidazole rings is 2. The van der Waals surface area contributed by atoms with Crippen LogP contribution < -0.4 is 5.32 Å². The number of carbonyl (C=O) groups is 2. The van der Waals surface area contributed by atoms with E-state index in [-0.39, 0.29) is 17.5 Å². The fourth-order valence-electron chi connectivity index (χ4n) is 3.51. The number of rotatable bonds is 7. The van der Waals surface area contributed by atoms with Gasteiger partial charge in [-0.15, -0.1) is 0 Å². The first-order chi connectivity index (χ1) is 15.9. The van der Waals surface area contributed by atoms with Gasteiger partial charge >= 0.3 is 13.6 Å². The van der Waals surface area contributed by atoms with Crippen LogP contribution in [0, 0.1) is 11.6 Å². The molecule has 14 heteroatoms. The topological polar surface area (TPSA) is 170 Å². The van der Waals surface area contributed by atoms with Crippen LogP contribution in [0.5, 0.6) is 0 Å². The summed E-state index contributed by atoms with van der Waals surface area (Å²) in [5, 5.41) is 11.3. The van der Waals surface area contributed by atoms with Gasteiger partial charge in [0.05, 0.1) is 29.1 Å². The Labute approximate surface area is 189 Å². The van der Waals surface area contributed by atoms with E-state index in [2.05, 4.69) is 20.3 Å². The third-order valence-electron chi connectivity index (χ3n) is 5.18. The number of H-pyrrole nitrogens is 1. The molecule has 1 atom stereocenters. The lowest BCUT2D eigenvalue weighted by atomic mass is 10.1. The second-order valence-electron chi connectivity index (χ2n) is 7.62. The summed E-state index contributed by atoms with van der Waals surface area (Å²) in [5.74, 6) is -3.64. The van der Waals surface area contributed by atoms with Gasteiger partial charge < -0.3 is 29.8 Å². The molecule has 2 aromatic carbocycles. The number of aliphatic carboxylic acids is 1. The molecule has 0 aliphatic carbocycles. The summed E-state index contributed by atoms with van der Waals surface area (Å²) in [6.07, 6.45) is -0.903. The first-order valence-corrected chi connectivity index (χ1v) is 11.6. The molecule has 0 aliphatic rings. The molecule has 4 aromatic rings. The third kappa shape index (κ3) is 4.67. The molecule has 178 valence electrons. The molecule has 0 fully saturated rings. The number of nitrogens with one attached hydrogen (secondary N) is 2. The number of aromatic nitrogens is 4. The van der Waals surface area contributed by atoms with Gasteiger partial charge in [-0.1, -0.05) is 0 Å². The van der Waals surface area contributed by atoms with Crippen LogP contribution >= 0.6 is 7.60 Å². The normalized spacial score (nSPS) is 12.9. The molecule has 11 nitrogen and oxygen atoms in total. The monoisotopic (exact) mass is 493 g/mol. The first-order valence-electron chi connectivity index (χ1n) is 9.79. The van der Waals surface area contributed by atoms with Gasteiger partial charge in [0.15, 0.2) is 11.6 Å². The lowest BCUT2D eigenvalue weighted by molar-refractivity contribution is -0.138. The molecule has 0 bridgehead atoms. The summed E-state index contributed by atoms with van der Waals surface area (Å²) in [6.45, 7) is 0. The maximum absolute atomic E-state index is 14.0. The van der Waals surface area contributed by atoms with Gasteiger partial charge in [0.1, 0.15) is 23.2 Å². The summed E-state index contributed by atoms with van der Waals surface area (Å²) < 4.78 is 40.2. The number of carboxylic acids is 1. The van der Waals surface area contributed by atoms with Crippen molar-refractivity contribution in [2.75, 3.05) is 6.16 Å². The molecule has 1 amide bonds. The minimum Gasteiger partial charge on any atom is -0.480 e. The quantitative estimate of drug-likeness (QED) is 0.242. The highest BCUT2D eigenvalue weighted by atomic mass is 31.2. The highest BCUT2D eigenvalue weighted by Gasteiger charge is 2.29. The van der Waals surface area contributed by atoms with Crippen LogP contribution in [0.4, 0.5) is 8.78 Å². The maximum Gasteiger partial charge on any atom is 0.328 e. The smallest absolute Gasteiger partial charge is 0.328 e. The molecular weight excluding hydrogens is 475 g/mol. The van der Waals surface area contributed by atoms with Crippen molar-refractivity contribution >= 4 is 41.5 Å². The Morgan fingerprint density at radius 2 is 1.94 bits per heavy atom. The van der Waals surface area contributed by atoms with E-state index in [1.54, 1.807) is 11.6 Å². The van der Waals surface area contributed by atoms with Crippen LogP contribution in [-0.4, -0.2) is 58.5 Å². The van der Waals surface area contributed by atoms with E-state index in [0.717, 1.165) is 6.07 Å². The lowest BCUT2D eigenvalue weighted by Crippen LogP contribution is -2.43. The van der Waals surface area contributed by atoms with E-state index < -0.39 is 43.3 Å². The van der Waals surface area contributed by atoms with Gasteiger partial charge in [-0.2, -0.15) is 0 Å². The lowest BCUT2D eigenvalue weighted by Gasteiger charge is -2.15. The van der Waals surface area contributed by atoms with Crippen molar-refractivity contribution in [2.24, 2.45) is 7.05 Å². The highest BCUT2D eigenvalue weighted by molar-refractivity contribution is 7.51. The van der Waals surface area contributed by atoms with Gasteiger partial charge in [0.25, 0.3) is 5.91 Å².